The third-order valence-electron chi connectivity index (χ3n) is 3.60. The molecule has 0 aliphatic heterocycles. The predicted octanol–water partition coefficient (Wildman–Crippen LogP) is 2.11. The highest BCUT2D eigenvalue weighted by molar-refractivity contribution is 5.80. The molecule has 0 aromatic heterocycles. The van der Waals surface area contributed by atoms with Crippen molar-refractivity contribution in [2.24, 2.45) is 10.9 Å². The lowest BCUT2D eigenvalue weighted by Crippen LogP contribution is -2.40. The van der Waals surface area contributed by atoms with E-state index in [9.17, 15) is 0 Å². The maximum absolute atomic E-state index is 5.38. The highest BCUT2D eigenvalue weighted by Gasteiger charge is 2.33. The van der Waals surface area contributed by atoms with Gasteiger partial charge in [-0.1, -0.05) is 25.1 Å². The van der Waals surface area contributed by atoms with Gasteiger partial charge in [0.05, 0.1) is 7.11 Å². The lowest BCUT2D eigenvalue weighted by atomic mass is 10.2. The Balaban J connectivity index is 2.00. The van der Waals surface area contributed by atoms with E-state index in [1.54, 1.807) is 7.11 Å². The van der Waals surface area contributed by atoms with Crippen molar-refractivity contribution in [2.45, 2.75) is 25.9 Å². The molecule has 2 atom stereocenters. The summed E-state index contributed by atoms with van der Waals surface area (Å²) < 4.78 is 5.38. The van der Waals surface area contributed by atoms with E-state index in [-0.39, 0.29) is 0 Å². The monoisotopic (exact) mass is 261 g/mol. The minimum Gasteiger partial charge on any atom is -0.496 e. The standard InChI is InChI=1S/C15H23N3O/c1-11-9-13(11)17-15(16-2)18(3)10-12-7-5-6-8-14(12)19-4/h5-8,11,13H,9-10H2,1-4H3,(H,16,17). The second kappa shape index (κ2) is 5.95. The van der Waals surface area contributed by atoms with Gasteiger partial charge in [0.15, 0.2) is 5.96 Å². The number of para-hydroxylation sites is 1. The van der Waals surface area contributed by atoms with Crippen molar-refractivity contribution in [3.05, 3.63) is 29.8 Å². The van der Waals surface area contributed by atoms with Crippen molar-refractivity contribution in [2.75, 3.05) is 21.2 Å². The molecule has 0 spiro atoms. The van der Waals surface area contributed by atoms with Crippen LogP contribution in [0.15, 0.2) is 29.3 Å². The molecule has 0 heterocycles. The van der Waals surface area contributed by atoms with Gasteiger partial charge in [-0.25, -0.2) is 0 Å². The van der Waals surface area contributed by atoms with Crippen LogP contribution in [0.3, 0.4) is 0 Å². The van der Waals surface area contributed by atoms with Crippen molar-refractivity contribution in [3.63, 3.8) is 0 Å². The van der Waals surface area contributed by atoms with Crippen LogP contribution in [-0.2, 0) is 6.54 Å². The van der Waals surface area contributed by atoms with Crippen LogP contribution in [0.1, 0.15) is 18.9 Å². The molecule has 0 radical (unpaired) electrons. The zero-order valence-electron chi connectivity index (χ0n) is 12.2. The third-order valence-corrected chi connectivity index (χ3v) is 3.60. The lowest BCUT2D eigenvalue weighted by molar-refractivity contribution is 0.396. The summed E-state index contributed by atoms with van der Waals surface area (Å²) in [5.74, 6) is 2.63. The Labute approximate surface area is 115 Å². The molecule has 1 aliphatic rings. The molecule has 4 heteroatoms. The summed E-state index contributed by atoms with van der Waals surface area (Å²) in [4.78, 5) is 6.47. The molecule has 1 aromatic carbocycles. The molecule has 2 rings (SSSR count). The minimum absolute atomic E-state index is 0.582. The smallest absolute Gasteiger partial charge is 0.193 e. The number of ether oxygens (including phenoxy) is 1. The average molecular weight is 261 g/mol. The van der Waals surface area contributed by atoms with E-state index in [2.05, 4.69) is 35.2 Å². The minimum atomic E-state index is 0.582. The summed E-state index contributed by atoms with van der Waals surface area (Å²) in [6.07, 6.45) is 1.24. The molecule has 104 valence electrons. The van der Waals surface area contributed by atoms with Crippen LogP contribution in [0.4, 0.5) is 0 Å². The number of nitrogens with zero attached hydrogens (tertiary/aromatic N) is 2. The molecular formula is C15H23N3O. The number of benzene rings is 1. The molecule has 1 saturated carbocycles. The number of methoxy groups -OCH3 is 1. The SMILES string of the molecule is CN=C(NC1CC1C)N(C)Cc1ccccc1OC. The fourth-order valence-electron chi connectivity index (χ4n) is 2.20. The summed E-state index contributed by atoms with van der Waals surface area (Å²) >= 11 is 0. The number of hydrogen-bond acceptors (Lipinski definition) is 2. The Morgan fingerprint density at radius 3 is 2.74 bits per heavy atom. The van der Waals surface area contributed by atoms with Crippen LogP contribution in [0, 0.1) is 5.92 Å². The predicted molar refractivity (Wildman–Crippen MR) is 78.5 cm³/mol. The van der Waals surface area contributed by atoms with Crippen LogP contribution >= 0.6 is 0 Å². The van der Waals surface area contributed by atoms with Gasteiger partial charge >= 0.3 is 0 Å². The van der Waals surface area contributed by atoms with E-state index in [0.29, 0.717) is 6.04 Å². The van der Waals surface area contributed by atoms with Crippen molar-refractivity contribution < 1.29 is 4.74 Å². The quantitative estimate of drug-likeness (QED) is 0.666. The van der Waals surface area contributed by atoms with Crippen molar-refractivity contribution in [3.8, 4) is 5.75 Å². The molecule has 0 amide bonds. The molecule has 0 saturated heterocycles. The first-order valence-electron chi connectivity index (χ1n) is 6.72. The first-order chi connectivity index (χ1) is 9.15. The van der Waals surface area contributed by atoms with Crippen molar-refractivity contribution in [1.82, 2.24) is 10.2 Å². The Bertz CT molecular complexity index is 458. The van der Waals surface area contributed by atoms with Crippen LogP contribution in [0.5, 0.6) is 5.75 Å². The molecule has 4 nitrogen and oxygen atoms in total. The zero-order chi connectivity index (χ0) is 13.8. The lowest BCUT2D eigenvalue weighted by Gasteiger charge is -2.23. The van der Waals surface area contributed by atoms with Gasteiger partial charge in [0.2, 0.25) is 0 Å². The number of hydrogen-bond donors (Lipinski definition) is 1. The maximum Gasteiger partial charge on any atom is 0.193 e. The van der Waals surface area contributed by atoms with E-state index < -0.39 is 0 Å². The third kappa shape index (κ3) is 3.40. The Hall–Kier alpha value is -1.71. The van der Waals surface area contributed by atoms with Gasteiger partial charge in [-0.05, 0) is 18.4 Å². The molecule has 1 N–H and O–H groups in total. The Morgan fingerprint density at radius 1 is 1.47 bits per heavy atom. The summed E-state index contributed by atoms with van der Waals surface area (Å²) in [5, 5.41) is 3.48. The number of aliphatic imine (C=N–C) groups is 1. The number of rotatable bonds is 4. The van der Waals surface area contributed by atoms with Gasteiger partial charge < -0.3 is 15.0 Å². The van der Waals surface area contributed by atoms with E-state index >= 15 is 0 Å². The summed E-state index contributed by atoms with van der Waals surface area (Å²) in [5.41, 5.74) is 1.17. The van der Waals surface area contributed by atoms with Crippen LogP contribution in [0.25, 0.3) is 0 Å². The van der Waals surface area contributed by atoms with E-state index in [1.807, 2.05) is 25.2 Å². The maximum atomic E-state index is 5.38. The highest BCUT2D eigenvalue weighted by Crippen LogP contribution is 2.29. The first kappa shape index (κ1) is 13.7. The second-order valence-electron chi connectivity index (χ2n) is 5.18. The molecular weight excluding hydrogens is 238 g/mol. The molecule has 0 bridgehead atoms. The number of nitrogens with one attached hydrogen (secondary N) is 1. The largest absolute Gasteiger partial charge is 0.496 e. The van der Waals surface area contributed by atoms with Crippen LogP contribution in [-0.4, -0.2) is 38.1 Å². The van der Waals surface area contributed by atoms with Crippen LogP contribution < -0.4 is 10.1 Å². The first-order valence-corrected chi connectivity index (χ1v) is 6.72. The second-order valence-corrected chi connectivity index (χ2v) is 5.18. The molecule has 1 fully saturated rings. The Kier molecular flexibility index (Phi) is 4.30. The summed E-state index contributed by atoms with van der Waals surface area (Å²) in [7, 11) is 5.58. The van der Waals surface area contributed by atoms with Gasteiger partial charge in [-0.15, -0.1) is 0 Å². The van der Waals surface area contributed by atoms with Crippen molar-refractivity contribution in [1.29, 1.82) is 0 Å². The molecule has 1 aromatic rings. The van der Waals surface area contributed by atoms with Gasteiger partial charge in [0.25, 0.3) is 0 Å². The zero-order valence-corrected chi connectivity index (χ0v) is 12.2. The molecule has 2 unspecified atom stereocenters. The van der Waals surface area contributed by atoms with Gasteiger partial charge in [0, 0.05) is 32.2 Å². The number of guanidine groups is 1. The highest BCUT2D eigenvalue weighted by atomic mass is 16.5. The van der Waals surface area contributed by atoms with Gasteiger partial charge in [0.1, 0.15) is 5.75 Å². The fraction of sp³-hybridized carbons (Fsp3) is 0.533. The van der Waals surface area contributed by atoms with Gasteiger partial charge in [-0.2, -0.15) is 0 Å². The average Bonchev–Trinajstić information content (AvgIpc) is 3.12. The van der Waals surface area contributed by atoms with Crippen LogP contribution in [0.2, 0.25) is 0 Å². The van der Waals surface area contributed by atoms with Gasteiger partial charge in [-0.3, -0.25) is 4.99 Å². The van der Waals surface area contributed by atoms with E-state index in [1.165, 1.54) is 12.0 Å². The fourth-order valence-corrected chi connectivity index (χ4v) is 2.20. The molecule has 19 heavy (non-hydrogen) atoms. The topological polar surface area (TPSA) is 36.9 Å². The normalized spacial score (nSPS) is 22.0. The van der Waals surface area contributed by atoms with E-state index in [4.69, 9.17) is 4.74 Å². The molecule has 1 aliphatic carbocycles. The van der Waals surface area contributed by atoms with Crippen molar-refractivity contribution >= 4 is 5.96 Å². The summed E-state index contributed by atoms with van der Waals surface area (Å²) in [6.45, 7) is 3.04. The van der Waals surface area contributed by atoms with E-state index in [0.717, 1.165) is 24.2 Å². The summed E-state index contributed by atoms with van der Waals surface area (Å²) in [6, 6.07) is 8.68. The Morgan fingerprint density at radius 2 is 2.16 bits per heavy atom.